The average Bonchev–Trinajstić information content (AvgIpc) is 2.43. The topological polar surface area (TPSA) is 54.0 Å². The molecule has 1 heterocycles. The molecule has 0 saturated heterocycles. The van der Waals surface area contributed by atoms with E-state index in [-0.39, 0.29) is 5.91 Å². The predicted octanol–water partition coefficient (Wildman–Crippen LogP) is 4.29. The summed E-state index contributed by atoms with van der Waals surface area (Å²) in [4.78, 5) is 16.5. The van der Waals surface area contributed by atoms with Crippen molar-refractivity contribution in [2.75, 3.05) is 17.2 Å². The molecule has 2 rings (SSSR count). The number of hydrogen-bond acceptors (Lipinski definition) is 3. The minimum absolute atomic E-state index is 0.197. The van der Waals surface area contributed by atoms with Gasteiger partial charge in [-0.3, -0.25) is 4.79 Å². The zero-order valence-corrected chi connectivity index (χ0v) is 14.0. The van der Waals surface area contributed by atoms with Gasteiger partial charge in [-0.1, -0.05) is 15.9 Å². The van der Waals surface area contributed by atoms with Crippen LogP contribution in [0.2, 0.25) is 0 Å². The van der Waals surface area contributed by atoms with Crippen LogP contribution in [0, 0.1) is 0 Å². The van der Waals surface area contributed by atoms with Crippen LogP contribution < -0.4 is 10.6 Å². The van der Waals surface area contributed by atoms with E-state index >= 15 is 0 Å². The number of carbonyl (C=O) groups is 1. The summed E-state index contributed by atoms with van der Waals surface area (Å²) in [6.07, 6.45) is 1.66. The zero-order chi connectivity index (χ0) is 14.5. The summed E-state index contributed by atoms with van der Waals surface area (Å²) in [5.41, 5.74) is 1.23. The van der Waals surface area contributed by atoms with Crippen molar-refractivity contribution in [1.82, 2.24) is 4.98 Å². The molecule has 0 atom stereocenters. The highest BCUT2D eigenvalue weighted by Gasteiger charge is 2.13. The normalized spacial score (nSPS) is 10.2. The Balaban J connectivity index is 2.24. The molecule has 0 aliphatic heterocycles. The SMILES string of the molecule is CCNc1ncccc1C(=O)Nc1ccc(Br)cc1Br. The van der Waals surface area contributed by atoms with E-state index in [4.69, 9.17) is 0 Å². The van der Waals surface area contributed by atoms with Crippen LogP contribution in [-0.2, 0) is 0 Å². The van der Waals surface area contributed by atoms with Gasteiger partial charge in [-0.15, -0.1) is 0 Å². The molecule has 4 nitrogen and oxygen atoms in total. The third-order valence-corrected chi connectivity index (χ3v) is 3.73. The van der Waals surface area contributed by atoms with Gasteiger partial charge in [0.15, 0.2) is 0 Å². The molecule has 0 fully saturated rings. The van der Waals surface area contributed by atoms with E-state index in [9.17, 15) is 4.79 Å². The number of amides is 1. The second-order valence-electron chi connectivity index (χ2n) is 4.01. The number of aromatic nitrogens is 1. The molecule has 1 aromatic carbocycles. The first-order valence-corrected chi connectivity index (χ1v) is 7.65. The van der Waals surface area contributed by atoms with Gasteiger partial charge in [0.2, 0.25) is 0 Å². The van der Waals surface area contributed by atoms with Gasteiger partial charge in [0.1, 0.15) is 5.82 Å². The summed E-state index contributed by atoms with van der Waals surface area (Å²) in [6.45, 7) is 2.67. The van der Waals surface area contributed by atoms with Gasteiger partial charge in [-0.05, 0) is 53.2 Å². The summed E-state index contributed by atoms with van der Waals surface area (Å²) in [5, 5.41) is 5.94. The lowest BCUT2D eigenvalue weighted by atomic mass is 10.2. The van der Waals surface area contributed by atoms with Crippen molar-refractivity contribution in [2.45, 2.75) is 6.92 Å². The molecule has 0 spiro atoms. The van der Waals surface area contributed by atoms with Gasteiger partial charge < -0.3 is 10.6 Å². The van der Waals surface area contributed by atoms with Gasteiger partial charge >= 0.3 is 0 Å². The Kier molecular flexibility index (Phi) is 5.14. The van der Waals surface area contributed by atoms with E-state index in [1.165, 1.54) is 0 Å². The Bertz CT molecular complexity index is 632. The van der Waals surface area contributed by atoms with Crippen molar-refractivity contribution < 1.29 is 4.79 Å². The fourth-order valence-corrected chi connectivity index (χ4v) is 2.82. The number of halogens is 2. The maximum Gasteiger partial charge on any atom is 0.259 e. The van der Waals surface area contributed by atoms with E-state index in [2.05, 4.69) is 47.5 Å². The number of carbonyl (C=O) groups excluding carboxylic acids is 1. The Labute approximate surface area is 134 Å². The molecule has 1 aromatic heterocycles. The number of pyridine rings is 1. The number of nitrogens with one attached hydrogen (secondary N) is 2. The number of benzene rings is 1. The van der Waals surface area contributed by atoms with Crippen LogP contribution in [0.15, 0.2) is 45.5 Å². The molecule has 0 aliphatic carbocycles. The van der Waals surface area contributed by atoms with Crippen LogP contribution in [0.5, 0.6) is 0 Å². The van der Waals surface area contributed by atoms with Crippen LogP contribution in [0.4, 0.5) is 11.5 Å². The van der Waals surface area contributed by atoms with Crippen molar-refractivity contribution in [3.63, 3.8) is 0 Å². The standard InChI is InChI=1S/C14H13Br2N3O/c1-2-17-13-10(4-3-7-18-13)14(20)19-12-6-5-9(15)8-11(12)16/h3-8H,2H2,1H3,(H,17,18)(H,19,20). The molecule has 0 radical (unpaired) electrons. The zero-order valence-electron chi connectivity index (χ0n) is 10.8. The number of hydrogen-bond donors (Lipinski definition) is 2. The van der Waals surface area contributed by atoms with Gasteiger partial charge in [0.05, 0.1) is 11.3 Å². The Morgan fingerprint density at radius 1 is 1.30 bits per heavy atom. The number of nitrogens with zero attached hydrogens (tertiary/aromatic N) is 1. The third kappa shape index (κ3) is 3.58. The van der Waals surface area contributed by atoms with E-state index in [1.54, 1.807) is 18.3 Å². The van der Waals surface area contributed by atoms with Crippen molar-refractivity contribution in [2.24, 2.45) is 0 Å². The largest absolute Gasteiger partial charge is 0.370 e. The minimum Gasteiger partial charge on any atom is -0.370 e. The lowest BCUT2D eigenvalue weighted by Crippen LogP contribution is -2.15. The first-order valence-electron chi connectivity index (χ1n) is 6.07. The molecule has 6 heteroatoms. The van der Waals surface area contributed by atoms with Crippen LogP contribution in [-0.4, -0.2) is 17.4 Å². The number of anilines is 2. The third-order valence-electron chi connectivity index (χ3n) is 2.58. The molecule has 0 aliphatic rings. The van der Waals surface area contributed by atoms with Crippen molar-refractivity contribution >= 4 is 49.3 Å². The second-order valence-corrected chi connectivity index (χ2v) is 5.78. The quantitative estimate of drug-likeness (QED) is 0.807. The molecule has 2 N–H and O–H groups in total. The molecule has 0 unspecified atom stereocenters. The second kappa shape index (κ2) is 6.85. The fraction of sp³-hybridized carbons (Fsp3) is 0.143. The van der Waals surface area contributed by atoms with Crippen LogP contribution in [0.3, 0.4) is 0 Å². The maximum absolute atomic E-state index is 12.3. The fourth-order valence-electron chi connectivity index (χ4n) is 1.68. The average molecular weight is 399 g/mol. The van der Waals surface area contributed by atoms with Crippen molar-refractivity contribution in [3.8, 4) is 0 Å². The van der Waals surface area contributed by atoms with E-state index in [0.717, 1.165) is 8.95 Å². The Morgan fingerprint density at radius 2 is 2.10 bits per heavy atom. The molecule has 0 bridgehead atoms. The maximum atomic E-state index is 12.3. The summed E-state index contributed by atoms with van der Waals surface area (Å²) in [7, 11) is 0. The smallest absolute Gasteiger partial charge is 0.259 e. The van der Waals surface area contributed by atoms with Crippen molar-refractivity contribution in [3.05, 3.63) is 51.0 Å². The molecule has 104 valence electrons. The monoisotopic (exact) mass is 397 g/mol. The number of rotatable bonds is 4. The van der Waals surface area contributed by atoms with Gasteiger partial charge in [0, 0.05) is 21.7 Å². The van der Waals surface area contributed by atoms with Crippen LogP contribution in [0.1, 0.15) is 17.3 Å². The summed E-state index contributed by atoms with van der Waals surface area (Å²) in [6, 6.07) is 9.06. The highest BCUT2D eigenvalue weighted by Crippen LogP contribution is 2.27. The highest BCUT2D eigenvalue weighted by atomic mass is 79.9. The summed E-state index contributed by atoms with van der Waals surface area (Å²) in [5.74, 6) is 0.387. The summed E-state index contributed by atoms with van der Waals surface area (Å²) >= 11 is 6.80. The molecule has 20 heavy (non-hydrogen) atoms. The highest BCUT2D eigenvalue weighted by molar-refractivity contribution is 9.11. The molecule has 2 aromatic rings. The van der Waals surface area contributed by atoms with E-state index < -0.39 is 0 Å². The minimum atomic E-state index is -0.197. The molecular formula is C14H13Br2N3O. The molecular weight excluding hydrogens is 386 g/mol. The van der Waals surface area contributed by atoms with Crippen LogP contribution >= 0.6 is 31.9 Å². The first kappa shape index (κ1) is 15.0. The van der Waals surface area contributed by atoms with Crippen molar-refractivity contribution in [1.29, 1.82) is 0 Å². The Morgan fingerprint density at radius 3 is 2.80 bits per heavy atom. The van der Waals surface area contributed by atoms with E-state index in [0.29, 0.717) is 23.6 Å². The lowest BCUT2D eigenvalue weighted by Gasteiger charge is -2.11. The van der Waals surface area contributed by atoms with E-state index in [1.807, 2.05) is 25.1 Å². The van der Waals surface area contributed by atoms with Gasteiger partial charge in [0.25, 0.3) is 5.91 Å². The lowest BCUT2D eigenvalue weighted by molar-refractivity contribution is 0.102. The Hall–Kier alpha value is -1.40. The summed E-state index contributed by atoms with van der Waals surface area (Å²) < 4.78 is 1.76. The van der Waals surface area contributed by atoms with Crippen LogP contribution in [0.25, 0.3) is 0 Å². The first-order chi connectivity index (χ1) is 9.61. The predicted molar refractivity (Wildman–Crippen MR) is 88.2 cm³/mol. The van der Waals surface area contributed by atoms with Gasteiger partial charge in [-0.2, -0.15) is 0 Å². The molecule has 0 saturated carbocycles. The van der Waals surface area contributed by atoms with Gasteiger partial charge in [-0.25, -0.2) is 4.98 Å². The molecule has 1 amide bonds.